The van der Waals surface area contributed by atoms with Crippen LogP contribution in [0.2, 0.25) is 0 Å². The van der Waals surface area contributed by atoms with Gasteiger partial charge in [-0.2, -0.15) is 0 Å². The second kappa shape index (κ2) is 20.9. The fraction of sp³-hybridized carbons (Fsp3) is 0.255. The number of nitrogens with two attached hydrogens (primary N) is 1. The van der Waals surface area contributed by atoms with E-state index in [2.05, 4.69) is 45.0 Å². The van der Waals surface area contributed by atoms with Crippen LogP contribution >= 0.6 is 11.6 Å². The second-order valence-corrected chi connectivity index (χ2v) is 17.0. The maximum atomic E-state index is 13.8. The zero-order valence-electron chi connectivity index (χ0n) is 38.2. The second-order valence-electron chi connectivity index (χ2n) is 16.7. The van der Waals surface area contributed by atoms with E-state index in [9.17, 15) is 22.8 Å². The summed E-state index contributed by atoms with van der Waals surface area (Å²) in [5.74, 6) is 2.76. The number of fused-ring (bicyclic) bond motifs is 8. The number of halogens is 4. The minimum absolute atomic E-state index is 0.217. The van der Waals surface area contributed by atoms with Crippen molar-refractivity contribution >= 4 is 88.8 Å². The van der Waals surface area contributed by atoms with Crippen LogP contribution in [0.15, 0.2) is 128 Å². The molecule has 5 N–H and O–H groups in total. The monoisotopic (exact) mass is 957 g/mol. The van der Waals surface area contributed by atoms with Crippen LogP contribution < -0.4 is 32.1 Å². The number of anilines is 2. The van der Waals surface area contributed by atoms with Crippen LogP contribution in [0.3, 0.4) is 0 Å². The molecule has 0 spiro atoms. The molecule has 2 aliphatic heterocycles. The minimum atomic E-state index is -1.00. The first-order valence-corrected chi connectivity index (χ1v) is 22.9. The Morgan fingerprint density at radius 3 is 1.67 bits per heavy atom. The Hall–Kier alpha value is -7.34. The van der Waals surface area contributed by atoms with E-state index in [0.717, 1.165) is 95.8 Å². The van der Waals surface area contributed by atoms with Crippen molar-refractivity contribution in [3.63, 3.8) is 0 Å². The van der Waals surface area contributed by atoms with Gasteiger partial charge in [-0.25, -0.2) is 38.3 Å². The maximum absolute atomic E-state index is 13.8. The molecule has 6 aromatic heterocycles. The maximum Gasteiger partial charge on any atom is 0.362 e. The highest BCUT2D eigenvalue weighted by atomic mass is 35.5. The molecule has 18 heteroatoms. The molecule has 0 radical (unpaired) electrons. The van der Waals surface area contributed by atoms with Gasteiger partial charge in [0.1, 0.15) is 57.1 Å². The molecule has 69 heavy (non-hydrogen) atoms. The van der Waals surface area contributed by atoms with Gasteiger partial charge in [-0.15, -0.1) is 11.6 Å². The minimum Gasteiger partial charge on any atom is -0.421 e. The highest BCUT2D eigenvalue weighted by Crippen LogP contribution is 2.30. The number of piperidine rings is 2. The molecule has 8 heterocycles. The normalized spacial score (nSPS) is 14.7. The molecule has 0 saturated carbocycles. The van der Waals surface area contributed by atoms with Crippen LogP contribution in [-0.4, -0.2) is 75.3 Å². The van der Waals surface area contributed by atoms with E-state index in [4.69, 9.17) is 27.5 Å². The smallest absolute Gasteiger partial charge is 0.362 e. The third-order valence-corrected chi connectivity index (χ3v) is 12.6. The van der Waals surface area contributed by atoms with Gasteiger partial charge >= 0.3 is 11.3 Å². The number of imidazole rings is 2. The first kappa shape index (κ1) is 45.4. The summed E-state index contributed by atoms with van der Waals surface area (Å²) in [5.41, 5.74) is 8.17. The van der Waals surface area contributed by atoms with Gasteiger partial charge in [0.25, 0.3) is 0 Å². The van der Waals surface area contributed by atoms with Gasteiger partial charge in [-0.05, 0) is 97.1 Å². The van der Waals surface area contributed by atoms with Crippen molar-refractivity contribution in [3.05, 3.63) is 154 Å². The highest BCUT2D eigenvalue weighted by molar-refractivity contribution is 6.17. The van der Waals surface area contributed by atoms with Crippen LogP contribution in [0.1, 0.15) is 38.7 Å². The molecule has 4 aromatic carbocycles. The zero-order valence-corrected chi connectivity index (χ0v) is 38.0. The van der Waals surface area contributed by atoms with Crippen molar-refractivity contribution < 1.29 is 23.4 Å². The van der Waals surface area contributed by atoms with E-state index in [1.807, 2.05) is 48.5 Å². The molecule has 0 aliphatic carbocycles. The topological polar surface area (TPSA) is 188 Å². The largest absolute Gasteiger partial charge is 0.421 e. The van der Waals surface area contributed by atoms with Gasteiger partial charge in [-0.1, -0.05) is 36.4 Å². The van der Waals surface area contributed by atoms with Crippen LogP contribution in [0.25, 0.3) is 65.6 Å². The molecule has 2 fully saturated rings. The van der Waals surface area contributed by atoms with Crippen LogP contribution in [0, 0.1) is 11.6 Å². The molecule has 10 aromatic rings. The molecule has 12 rings (SSSR count). The summed E-state index contributed by atoms with van der Waals surface area (Å²) in [6.45, 7) is 3.97. The summed E-state index contributed by atoms with van der Waals surface area (Å²) in [6, 6.07) is 28.8. The molecule has 0 atom stereocenters. The molecular formula is C51H48ClF3N10O4. The first-order valence-electron chi connectivity index (χ1n) is 23.1. The number of pyridine rings is 2. The summed E-state index contributed by atoms with van der Waals surface area (Å²) < 4.78 is 53.2. The lowest BCUT2D eigenvalue weighted by Gasteiger charge is -2.33. The Labute approximate surface area is 398 Å². The van der Waals surface area contributed by atoms with Crippen molar-refractivity contribution in [1.29, 1.82) is 0 Å². The molecule has 354 valence electrons. The molecule has 0 unspecified atom stereocenters. The number of aromatic nitrogens is 6. The number of alkyl halides is 2. The molecule has 0 bridgehead atoms. The van der Waals surface area contributed by atoms with Crippen molar-refractivity contribution in [2.75, 3.05) is 43.1 Å². The number of nitrogens with zero attached hydrogens (tertiary/aromatic N) is 6. The van der Waals surface area contributed by atoms with Gasteiger partial charge in [0.15, 0.2) is 11.0 Å². The third-order valence-electron chi connectivity index (χ3n) is 12.3. The molecule has 2 aliphatic rings. The van der Waals surface area contributed by atoms with E-state index in [0.29, 0.717) is 57.5 Å². The Bertz CT molecular complexity index is 3560. The van der Waals surface area contributed by atoms with E-state index in [1.54, 1.807) is 48.8 Å². The number of hydrogen-bond donors (Lipinski definition) is 4. The molecule has 0 amide bonds. The quantitative estimate of drug-likeness (QED) is 0.0915. The van der Waals surface area contributed by atoms with E-state index < -0.39 is 18.4 Å². The summed E-state index contributed by atoms with van der Waals surface area (Å²) >= 11 is 5.68. The van der Waals surface area contributed by atoms with E-state index in [-0.39, 0.29) is 23.6 Å². The Balaban J connectivity index is 0.000000138. The fourth-order valence-corrected chi connectivity index (χ4v) is 9.01. The van der Waals surface area contributed by atoms with Gasteiger partial charge < -0.3 is 39.7 Å². The van der Waals surface area contributed by atoms with Crippen molar-refractivity contribution in [2.24, 2.45) is 5.73 Å². The van der Waals surface area contributed by atoms with E-state index in [1.165, 1.54) is 12.1 Å². The van der Waals surface area contributed by atoms with Crippen LogP contribution in [0.4, 0.5) is 24.8 Å². The Morgan fingerprint density at radius 2 is 1.16 bits per heavy atom. The van der Waals surface area contributed by atoms with Gasteiger partial charge in [0, 0.05) is 72.2 Å². The third kappa shape index (κ3) is 10.1. The number of rotatable bonds is 6. The Kier molecular flexibility index (Phi) is 13.8. The number of aromatic amines is 2. The predicted octanol–water partition coefficient (Wildman–Crippen LogP) is 9.41. The van der Waals surface area contributed by atoms with Crippen LogP contribution in [-0.2, 0) is 12.4 Å². The van der Waals surface area contributed by atoms with Gasteiger partial charge in [-0.3, -0.25) is 4.39 Å². The first-order chi connectivity index (χ1) is 34.1. The molecule has 14 nitrogen and oxygen atoms in total. The van der Waals surface area contributed by atoms with E-state index >= 15 is 0 Å². The van der Waals surface area contributed by atoms with Crippen LogP contribution in [0.5, 0.6) is 0 Å². The molecule has 2 saturated heterocycles. The highest BCUT2D eigenvalue weighted by Gasteiger charge is 2.23. The van der Waals surface area contributed by atoms with Crippen molar-refractivity contribution in [1.82, 2.24) is 35.2 Å². The number of benzene rings is 4. The standard InChI is InChI=1S/C25H22FN5O2.C14H16FN3.C11H7ClN2O2.CH3F/c26-16-6-5-15-7-10-27-24(19(15)13-16)31-11-8-17(9-12-31)28-14-21-29-22-18-3-1-2-4-20(18)33-25(32)23(22)30-21;15-11-2-1-10-3-6-17-14(13(10)9-11)18-7-4-12(16)5-8-18;12-5-8-13-9-6-3-1-2-4-7(6)16-11(15)10(9)14-8;1-2/h1-7,10,13,17,28H,8-9,11-12,14H2,(H,29,30);1-3,6,9,12H,4-5,7-8,16H2;1-4H,5H2,(H,13,14);1H3/i;;;1D. The lowest BCUT2D eigenvalue weighted by molar-refractivity contribution is 0.409. The average Bonchev–Trinajstić information content (AvgIpc) is 4.04. The Morgan fingerprint density at radius 1 is 0.696 bits per heavy atom. The number of H-pyrrole nitrogens is 2. The number of hydrogen-bond acceptors (Lipinski definition) is 12. The van der Waals surface area contributed by atoms with Crippen molar-refractivity contribution in [2.45, 2.75) is 50.2 Å². The summed E-state index contributed by atoms with van der Waals surface area (Å²) in [7, 11) is -1.00. The average molecular weight is 958 g/mol. The predicted molar refractivity (Wildman–Crippen MR) is 266 cm³/mol. The molecular weight excluding hydrogens is 909 g/mol. The lowest BCUT2D eigenvalue weighted by Crippen LogP contribution is -2.42. The van der Waals surface area contributed by atoms with Gasteiger partial charge in [0.2, 0.25) is 0 Å². The van der Waals surface area contributed by atoms with Crippen molar-refractivity contribution in [3.8, 4) is 0 Å². The SMILES string of the molecule is NC1CCN(c2nccc3ccc(F)cc23)CC1.O=c1oc2ccccc2c2nc(CCl)[nH]c12.O=c1oc2ccccc2c2nc(CNC3CCN(c4nccc5ccc(F)cc45)CC3)[nH]c12.[2H]CF. The zero-order chi connectivity index (χ0) is 48.7. The van der Waals surface area contributed by atoms with Gasteiger partial charge in [0.05, 0.1) is 20.9 Å². The fourth-order valence-electron chi connectivity index (χ4n) is 8.88. The lowest BCUT2D eigenvalue weighted by atomic mass is 10.0. The number of para-hydroxylation sites is 2. The summed E-state index contributed by atoms with van der Waals surface area (Å²) in [6.07, 6.45) is 7.35. The number of nitrogens with one attached hydrogen (secondary N) is 3. The summed E-state index contributed by atoms with van der Waals surface area (Å²) in [4.78, 5) is 52.2. The summed E-state index contributed by atoms with van der Waals surface area (Å²) in [5, 5.41) is 8.92.